The lowest BCUT2D eigenvalue weighted by molar-refractivity contribution is 1.05. The molecule has 84 valence electrons. The number of aromatic nitrogens is 4. The van der Waals surface area contributed by atoms with Crippen molar-refractivity contribution in [3.05, 3.63) is 41.7 Å². The van der Waals surface area contributed by atoms with Gasteiger partial charge in [-0.15, -0.1) is 10.2 Å². The van der Waals surface area contributed by atoms with E-state index in [1.807, 2.05) is 31.5 Å². The molecule has 3 rings (SSSR count). The second-order valence-corrected chi connectivity index (χ2v) is 4.84. The molecule has 3 aromatic rings. The summed E-state index contributed by atoms with van der Waals surface area (Å²) in [7, 11) is 0. The Morgan fingerprint density at radius 1 is 1.12 bits per heavy atom. The number of aromatic amines is 1. The third kappa shape index (κ3) is 1.85. The second kappa shape index (κ2) is 4.10. The number of rotatable bonds is 2. The van der Waals surface area contributed by atoms with Crippen molar-refractivity contribution in [3.8, 4) is 21.7 Å². The van der Waals surface area contributed by atoms with Gasteiger partial charge in [0.2, 0.25) is 0 Å². The molecule has 0 atom stereocenters. The van der Waals surface area contributed by atoms with E-state index in [1.54, 1.807) is 11.3 Å². The molecule has 0 amide bonds. The van der Waals surface area contributed by atoms with Crippen LogP contribution in [0, 0.1) is 6.92 Å². The number of hydrogen-bond donors (Lipinski definition) is 1. The van der Waals surface area contributed by atoms with Crippen LogP contribution in [-0.4, -0.2) is 20.4 Å². The minimum absolute atomic E-state index is 0.944. The summed E-state index contributed by atoms with van der Waals surface area (Å²) in [6, 6.07) is 8.15. The van der Waals surface area contributed by atoms with E-state index in [-0.39, 0.29) is 0 Å². The molecule has 2 aromatic heterocycles. The first kappa shape index (κ1) is 10.2. The topological polar surface area (TPSA) is 54.5 Å². The Labute approximate surface area is 102 Å². The van der Waals surface area contributed by atoms with E-state index in [0.29, 0.717) is 0 Å². The summed E-state index contributed by atoms with van der Waals surface area (Å²) in [5, 5.41) is 17.0. The highest BCUT2D eigenvalue weighted by Crippen LogP contribution is 2.32. The zero-order valence-corrected chi connectivity index (χ0v) is 10.0. The van der Waals surface area contributed by atoms with Crippen LogP contribution >= 0.6 is 11.3 Å². The molecular formula is C12H10N4S. The van der Waals surface area contributed by atoms with E-state index in [4.69, 9.17) is 0 Å². The Morgan fingerprint density at radius 2 is 1.94 bits per heavy atom. The van der Waals surface area contributed by atoms with Crippen molar-refractivity contribution in [1.29, 1.82) is 0 Å². The van der Waals surface area contributed by atoms with Gasteiger partial charge in [0.1, 0.15) is 10.0 Å². The summed E-state index contributed by atoms with van der Waals surface area (Å²) >= 11 is 1.60. The van der Waals surface area contributed by atoms with E-state index >= 15 is 0 Å². The maximum Gasteiger partial charge on any atom is 0.148 e. The summed E-state index contributed by atoms with van der Waals surface area (Å²) in [5.41, 5.74) is 3.28. The molecule has 17 heavy (non-hydrogen) atoms. The van der Waals surface area contributed by atoms with Crippen molar-refractivity contribution < 1.29 is 0 Å². The van der Waals surface area contributed by atoms with E-state index in [9.17, 15) is 0 Å². The van der Waals surface area contributed by atoms with Gasteiger partial charge in [0.15, 0.2) is 0 Å². The Bertz CT molecular complexity index is 628. The number of hydrogen-bond acceptors (Lipinski definition) is 4. The average Bonchev–Trinajstić information content (AvgIpc) is 3.00. The van der Waals surface area contributed by atoms with E-state index < -0.39 is 0 Å². The van der Waals surface area contributed by atoms with Gasteiger partial charge in [0.25, 0.3) is 0 Å². The predicted molar refractivity (Wildman–Crippen MR) is 67.7 cm³/mol. The van der Waals surface area contributed by atoms with Crippen LogP contribution < -0.4 is 0 Å². The van der Waals surface area contributed by atoms with Crippen molar-refractivity contribution in [2.24, 2.45) is 0 Å². The van der Waals surface area contributed by atoms with E-state index in [2.05, 4.69) is 32.5 Å². The van der Waals surface area contributed by atoms with E-state index in [0.717, 1.165) is 26.7 Å². The molecule has 0 unspecified atom stereocenters. The van der Waals surface area contributed by atoms with Crippen molar-refractivity contribution in [2.45, 2.75) is 6.92 Å². The monoisotopic (exact) mass is 242 g/mol. The van der Waals surface area contributed by atoms with Gasteiger partial charge in [-0.05, 0) is 12.5 Å². The molecule has 0 aliphatic heterocycles. The molecule has 0 bridgehead atoms. The second-order valence-electron chi connectivity index (χ2n) is 3.66. The van der Waals surface area contributed by atoms with E-state index in [1.165, 1.54) is 0 Å². The standard InChI is InChI=1S/C12H10N4S/c1-8-15-16-12(17-8)11-5-3-2-4-10(11)9-6-13-14-7-9/h2-7H,1H3,(H,13,14). The van der Waals surface area contributed by atoms with Crippen LogP contribution in [0.3, 0.4) is 0 Å². The fraction of sp³-hybridized carbons (Fsp3) is 0.0833. The molecule has 0 aliphatic rings. The van der Waals surface area contributed by atoms with Gasteiger partial charge in [-0.3, -0.25) is 5.10 Å². The van der Waals surface area contributed by atoms with Crippen LogP contribution in [0.2, 0.25) is 0 Å². The van der Waals surface area contributed by atoms with Gasteiger partial charge in [-0.2, -0.15) is 5.10 Å². The lowest BCUT2D eigenvalue weighted by Gasteiger charge is -2.03. The normalized spacial score (nSPS) is 10.6. The van der Waals surface area contributed by atoms with Gasteiger partial charge in [0.05, 0.1) is 6.20 Å². The predicted octanol–water partition coefficient (Wildman–Crippen LogP) is 2.90. The van der Waals surface area contributed by atoms with Gasteiger partial charge in [0, 0.05) is 17.3 Å². The minimum Gasteiger partial charge on any atom is -0.285 e. The Hall–Kier alpha value is -2.01. The summed E-state index contributed by atoms with van der Waals surface area (Å²) in [6.45, 7) is 1.96. The molecule has 5 heteroatoms. The highest BCUT2D eigenvalue weighted by molar-refractivity contribution is 7.14. The molecule has 0 fully saturated rings. The molecule has 1 N–H and O–H groups in total. The maximum atomic E-state index is 4.19. The van der Waals surface area contributed by atoms with Crippen LogP contribution in [0.1, 0.15) is 5.01 Å². The lowest BCUT2D eigenvalue weighted by Crippen LogP contribution is -1.82. The third-order valence-corrected chi connectivity index (χ3v) is 3.36. The molecule has 0 saturated heterocycles. The number of nitrogens with zero attached hydrogens (tertiary/aromatic N) is 3. The Balaban J connectivity index is 2.17. The van der Waals surface area contributed by atoms with Gasteiger partial charge in [-0.1, -0.05) is 35.6 Å². The molecule has 0 radical (unpaired) electrons. The lowest BCUT2D eigenvalue weighted by atomic mass is 10.0. The highest BCUT2D eigenvalue weighted by atomic mass is 32.1. The van der Waals surface area contributed by atoms with Crippen LogP contribution in [0.15, 0.2) is 36.7 Å². The Kier molecular flexibility index (Phi) is 2.45. The number of H-pyrrole nitrogens is 1. The third-order valence-electron chi connectivity index (χ3n) is 2.49. The number of nitrogens with one attached hydrogen (secondary N) is 1. The van der Waals surface area contributed by atoms with Gasteiger partial charge >= 0.3 is 0 Å². The van der Waals surface area contributed by atoms with Crippen molar-refractivity contribution >= 4 is 11.3 Å². The molecule has 2 heterocycles. The summed E-state index contributed by atoms with van der Waals surface area (Å²) in [6.07, 6.45) is 3.69. The summed E-state index contributed by atoms with van der Waals surface area (Å²) in [4.78, 5) is 0. The largest absolute Gasteiger partial charge is 0.285 e. The number of aryl methyl sites for hydroxylation is 1. The fourth-order valence-corrected chi connectivity index (χ4v) is 2.46. The van der Waals surface area contributed by atoms with Crippen LogP contribution in [0.5, 0.6) is 0 Å². The first-order chi connectivity index (χ1) is 8.34. The molecule has 0 aliphatic carbocycles. The van der Waals surface area contributed by atoms with Crippen molar-refractivity contribution in [2.75, 3.05) is 0 Å². The highest BCUT2D eigenvalue weighted by Gasteiger charge is 2.10. The minimum atomic E-state index is 0.944. The van der Waals surface area contributed by atoms with Crippen LogP contribution in [0.25, 0.3) is 21.7 Å². The summed E-state index contributed by atoms with van der Waals surface area (Å²) in [5.74, 6) is 0. The van der Waals surface area contributed by atoms with Gasteiger partial charge in [-0.25, -0.2) is 0 Å². The fourth-order valence-electron chi connectivity index (χ4n) is 1.72. The zero-order chi connectivity index (χ0) is 11.7. The first-order valence-corrected chi connectivity index (χ1v) is 6.05. The molecule has 0 spiro atoms. The first-order valence-electron chi connectivity index (χ1n) is 5.23. The quantitative estimate of drug-likeness (QED) is 0.751. The van der Waals surface area contributed by atoms with Gasteiger partial charge < -0.3 is 0 Å². The SMILES string of the molecule is Cc1nnc(-c2ccccc2-c2cn[nH]c2)s1. The zero-order valence-electron chi connectivity index (χ0n) is 9.21. The molecule has 1 aromatic carbocycles. The maximum absolute atomic E-state index is 4.19. The molecular weight excluding hydrogens is 232 g/mol. The summed E-state index contributed by atoms with van der Waals surface area (Å²) < 4.78 is 0. The van der Waals surface area contributed by atoms with Crippen LogP contribution in [0.4, 0.5) is 0 Å². The van der Waals surface area contributed by atoms with Crippen molar-refractivity contribution in [3.63, 3.8) is 0 Å². The number of benzene rings is 1. The smallest absolute Gasteiger partial charge is 0.148 e. The average molecular weight is 242 g/mol. The van der Waals surface area contributed by atoms with Crippen molar-refractivity contribution in [1.82, 2.24) is 20.4 Å². The molecule has 4 nitrogen and oxygen atoms in total. The Morgan fingerprint density at radius 3 is 2.59 bits per heavy atom. The molecule has 0 saturated carbocycles. The van der Waals surface area contributed by atoms with Crippen LogP contribution in [-0.2, 0) is 0 Å².